The van der Waals surface area contributed by atoms with Crippen LogP contribution in [0.3, 0.4) is 0 Å². The Morgan fingerprint density at radius 2 is 1.69 bits per heavy atom. The molecule has 0 aliphatic carbocycles. The van der Waals surface area contributed by atoms with Gasteiger partial charge in [-0.3, -0.25) is 14.8 Å². The van der Waals surface area contributed by atoms with Crippen molar-refractivity contribution in [3.8, 4) is 11.3 Å². The largest absolute Gasteiger partial charge is 0.418 e. The zero-order chi connectivity index (χ0) is 31.7. The van der Waals surface area contributed by atoms with E-state index in [1.807, 2.05) is 38.1 Å². The number of pyridine rings is 2. The number of nitrogens with zero attached hydrogens (tertiary/aromatic N) is 5. The summed E-state index contributed by atoms with van der Waals surface area (Å²) in [6.07, 6.45) is 0.628. The standard InChI is InChI=1S/C33H30F3N7O2/c1-19-3-6-23(40-31(45)21-5-8-30(27(13-21)33(34,35)36)43-11-9-25(44)10-12-43)15-26(19)28-14-22-16-39-32(42-29(22)18-38-28)41-24-7-4-20(2)37-17-24/h3-8,13-18,25,44H,9-12H2,1-2H3,(H,40,45)(H,39,41,42). The van der Waals surface area contributed by atoms with E-state index in [1.54, 1.807) is 35.6 Å². The van der Waals surface area contributed by atoms with Gasteiger partial charge in [0.05, 0.1) is 41.0 Å². The first-order valence-corrected chi connectivity index (χ1v) is 14.4. The summed E-state index contributed by atoms with van der Waals surface area (Å²) >= 11 is 0. The van der Waals surface area contributed by atoms with Gasteiger partial charge in [-0.25, -0.2) is 9.97 Å². The van der Waals surface area contributed by atoms with E-state index in [0.717, 1.165) is 34.0 Å². The smallest absolute Gasteiger partial charge is 0.393 e. The van der Waals surface area contributed by atoms with Crippen LogP contribution in [-0.2, 0) is 6.18 Å². The predicted octanol–water partition coefficient (Wildman–Crippen LogP) is 6.68. The van der Waals surface area contributed by atoms with Gasteiger partial charge in [-0.1, -0.05) is 6.07 Å². The normalized spacial score (nSPS) is 14.0. The van der Waals surface area contributed by atoms with Gasteiger partial charge in [-0.15, -0.1) is 0 Å². The second kappa shape index (κ2) is 12.1. The zero-order valence-corrected chi connectivity index (χ0v) is 24.6. The van der Waals surface area contributed by atoms with E-state index in [9.17, 15) is 23.1 Å². The Morgan fingerprint density at radius 1 is 0.911 bits per heavy atom. The minimum atomic E-state index is -4.65. The van der Waals surface area contributed by atoms with Crippen molar-refractivity contribution in [3.05, 3.63) is 95.6 Å². The molecular formula is C33H30F3N7O2. The summed E-state index contributed by atoms with van der Waals surface area (Å²) < 4.78 is 42.2. The number of anilines is 4. The van der Waals surface area contributed by atoms with Crippen molar-refractivity contribution in [1.29, 1.82) is 0 Å². The topological polar surface area (TPSA) is 116 Å². The van der Waals surface area contributed by atoms with Crippen LogP contribution >= 0.6 is 0 Å². The minimum Gasteiger partial charge on any atom is -0.393 e. The summed E-state index contributed by atoms with van der Waals surface area (Å²) in [5, 5.41) is 16.4. The average molecular weight is 614 g/mol. The van der Waals surface area contributed by atoms with Gasteiger partial charge < -0.3 is 20.6 Å². The highest BCUT2D eigenvalue weighted by Gasteiger charge is 2.36. The van der Waals surface area contributed by atoms with E-state index in [1.165, 1.54) is 12.1 Å². The van der Waals surface area contributed by atoms with Gasteiger partial charge in [0.25, 0.3) is 5.91 Å². The van der Waals surface area contributed by atoms with Crippen LogP contribution in [0.15, 0.2) is 73.2 Å². The molecule has 1 aliphatic rings. The number of aliphatic hydroxyl groups is 1. The summed E-state index contributed by atoms with van der Waals surface area (Å²) in [5.74, 6) is -0.264. The van der Waals surface area contributed by atoms with Gasteiger partial charge in [0.1, 0.15) is 0 Å². The van der Waals surface area contributed by atoms with Crippen LogP contribution in [-0.4, -0.2) is 50.1 Å². The Morgan fingerprint density at radius 3 is 2.42 bits per heavy atom. The molecule has 230 valence electrons. The molecule has 3 aromatic heterocycles. The van der Waals surface area contributed by atoms with Gasteiger partial charge in [0.15, 0.2) is 0 Å². The highest BCUT2D eigenvalue weighted by molar-refractivity contribution is 6.05. The molecule has 0 saturated carbocycles. The molecule has 0 bridgehead atoms. The lowest BCUT2D eigenvalue weighted by Crippen LogP contribution is -2.37. The Balaban J connectivity index is 1.22. The van der Waals surface area contributed by atoms with Crippen molar-refractivity contribution in [3.63, 3.8) is 0 Å². The van der Waals surface area contributed by atoms with Crippen LogP contribution in [0.25, 0.3) is 22.2 Å². The van der Waals surface area contributed by atoms with Gasteiger partial charge in [-0.2, -0.15) is 13.2 Å². The van der Waals surface area contributed by atoms with Gasteiger partial charge >= 0.3 is 6.18 Å². The van der Waals surface area contributed by atoms with Crippen LogP contribution in [0.4, 0.5) is 36.2 Å². The number of rotatable bonds is 6. The summed E-state index contributed by atoms with van der Waals surface area (Å²) in [6, 6.07) is 14.5. The molecule has 1 saturated heterocycles. The molecule has 0 atom stereocenters. The first-order chi connectivity index (χ1) is 21.5. The monoisotopic (exact) mass is 613 g/mol. The molecule has 5 aromatic rings. The van der Waals surface area contributed by atoms with Crippen molar-refractivity contribution in [2.75, 3.05) is 28.6 Å². The highest BCUT2D eigenvalue weighted by Crippen LogP contribution is 2.38. The molecule has 12 heteroatoms. The lowest BCUT2D eigenvalue weighted by atomic mass is 10.0. The molecular weight excluding hydrogens is 583 g/mol. The minimum absolute atomic E-state index is 0.00462. The van der Waals surface area contributed by atoms with Crippen molar-refractivity contribution in [2.45, 2.75) is 39.0 Å². The second-order valence-electron chi connectivity index (χ2n) is 11.1. The molecule has 0 unspecified atom stereocenters. The van der Waals surface area contributed by atoms with Crippen molar-refractivity contribution >= 4 is 39.8 Å². The molecule has 1 fully saturated rings. The maximum absolute atomic E-state index is 14.1. The SMILES string of the molecule is Cc1ccc(Nc2ncc3cc(-c4cc(NC(=O)c5ccc(N6CCC(O)CC6)c(C(F)(F)F)c5)ccc4C)ncc3n2)cn1. The summed E-state index contributed by atoms with van der Waals surface area (Å²) in [5.41, 5.74) is 3.95. The molecule has 4 heterocycles. The van der Waals surface area contributed by atoms with Crippen molar-refractivity contribution in [1.82, 2.24) is 19.9 Å². The number of carbonyl (C=O) groups is 1. The Labute approximate surface area is 257 Å². The molecule has 2 aromatic carbocycles. The molecule has 3 N–H and O–H groups in total. The number of aliphatic hydroxyl groups excluding tert-OH is 1. The number of benzene rings is 2. The van der Waals surface area contributed by atoms with E-state index >= 15 is 0 Å². The number of fused-ring (bicyclic) bond motifs is 1. The Hall–Kier alpha value is -5.10. The van der Waals surface area contributed by atoms with Gasteiger partial charge in [0, 0.05) is 52.9 Å². The quantitative estimate of drug-likeness (QED) is 0.194. The number of alkyl halides is 3. The van der Waals surface area contributed by atoms with Crippen LogP contribution in [0.1, 0.15) is 40.0 Å². The van der Waals surface area contributed by atoms with E-state index in [2.05, 4.69) is 30.6 Å². The van der Waals surface area contributed by atoms with Crippen molar-refractivity contribution in [2.24, 2.45) is 0 Å². The number of hydrogen-bond acceptors (Lipinski definition) is 8. The molecule has 0 spiro atoms. The Bertz CT molecular complexity index is 1870. The van der Waals surface area contributed by atoms with Crippen LogP contribution < -0.4 is 15.5 Å². The van der Waals surface area contributed by atoms with Crippen LogP contribution in [0.5, 0.6) is 0 Å². The molecule has 0 radical (unpaired) electrons. The lowest BCUT2D eigenvalue weighted by Gasteiger charge is -2.33. The number of carbonyl (C=O) groups excluding carboxylic acids is 1. The molecule has 1 aliphatic heterocycles. The molecule has 45 heavy (non-hydrogen) atoms. The summed E-state index contributed by atoms with van der Waals surface area (Å²) in [6.45, 7) is 4.42. The van der Waals surface area contributed by atoms with E-state index in [0.29, 0.717) is 48.8 Å². The van der Waals surface area contributed by atoms with Gasteiger partial charge in [-0.05, 0) is 80.8 Å². The number of nitrogens with one attached hydrogen (secondary N) is 2. The van der Waals surface area contributed by atoms with Crippen LogP contribution in [0, 0.1) is 13.8 Å². The number of hydrogen-bond donors (Lipinski definition) is 3. The number of amides is 1. The second-order valence-corrected chi connectivity index (χ2v) is 11.1. The molecule has 9 nitrogen and oxygen atoms in total. The maximum atomic E-state index is 14.1. The third-order valence-corrected chi connectivity index (χ3v) is 7.77. The number of halogens is 3. The third kappa shape index (κ3) is 6.70. The number of aromatic nitrogens is 4. The number of piperidine rings is 1. The average Bonchev–Trinajstić information content (AvgIpc) is 3.02. The molecule has 1 amide bonds. The Kier molecular flexibility index (Phi) is 8.07. The predicted molar refractivity (Wildman–Crippen MR) is 167 cm³/mol. The zero-order valence-electron chi connectivity index (χ0n) is 24.6. The van der Waals surface area contributed by atoms with E-state index < -0.39 is 23.8 Å². The van der Waals surface area contributed by atoms with Crippen molar-refractivity contribution < 1.29 is 23.1 Å². The summed E-state index contributed by atoms with van der Waals surface area (Å²) in [4.78, 5) is 32.5. The first kappa shape index (κ1) is 29.9. The summed E-state index contributed by atoms with van der Waals surface area (Å²) in [7, 11) is 0. The third-order valence-electron chi connectivity index (χ3n) is 7.77. The van der Waals surface area contributed by atoms with Crippen LogP contribution in [0.2, 0.25) is 0 Å². The molecule has 6 rings (SSSR count). The highest BCUT2D eigenvalue weighted by atomic mass is 19.4. The van der Waals surface area contributed by atoms with Gasteiger partial charge in [0.2, 0.25) is 5.95 Å². The first-order valence-electron chi connectivity index (χ1n) is 14.4. The number of aryl methyl sites for hydroxylation is 2. The fourth-order valence-electron chi connectivity index (χ4n) is 5.28. The van der Waals surface area contributed by atoms with E-state index in [-0.39, 0.29) is 11.3 Å². The maximum Gasteiger partial charge on any atom is 0.418 e. The lowest BCUT2D eigenvalue weighted by molar-refractivity contribution is -0.137. The fourth-order valence-corrected chi connectivity index (χ4v) is 5.28. The van der Waals surface area contributed by atoms with E-state index in [4.69, 9.17) is 0 Å². The fraction of sp³-hybridized carbons (Fsp3) is 0.242.